The van der Waals surface area contributed by atoms with Crippen LogP contribution in [0.3, 0.4) is 0 Å². The molecule has 0 atom stereocenters. The second kappa shape index (κ2) is 9.93. The Labute approximate surface area is 210 Å². The maximum Gasteiger partial charge on any atom is 0.229 e. The molecule has 0 bridgehead atoms. The quantitative estimate of drug-likeness (QED) is 0.559. The molecule has 0 aliphatic carbocycles. The molecule has 3 aromatic rings. The number of fused-ring (bicyclic) bond motifs is 1. The summed E-state index contributed by atoms with van der Waals surface area (Å²) in [5.74, 6) is 0.0130. The molecule has 0 spiro atoms. The van der Waals surface area contributed by atoms with Crippen molar-refractivity contribution in [1.29, 1.82) is 0 Å². The number of halogens is 2. The molecule has 8 nitrogen and oxygen atoms in total. The molecular weight excluding hydrogens is 462 g/mol. The van der Waals surface area contributed by atoms with E-state index >= 15 is 4.39 Å². The fraction of sp³-hybridized carbons (Fsp3) is 0.462. The second-order valence-corrected chi connectivity index (χ2v) is 9.97. The molecule has 1 saturated heterocycles. The lowest BCUT2D eigenvalue weighted by Gasteiger charge is -2.39. The highest BCUT2D eigenvalue weighted by atomic mass is 19.1. The van der Waals surface area contributed by atoms with Gasteiger partial charge in [-0.2, -0.15) is 5.10 Å². The van der Waals surface area contributed by atoms with Crippen LogP contribution in [0.25, 0.3) is 11.3 Å². The largest absolute Gasteiger partial charge is 0.369 e. The van der Waals surface area contributed by atoms with Crippen LogP contribution >= 0.6 is 0 Å². The van der Waals surface area contributed by atoms with Crippen molar-refractivity contribution in [3.8, 4) is 11.3 Å². The van der Waals surface area contributed by atoms with E-state index in [-0.39, 0.29) is 17.7 Å². The first-order chi connectivity index (χ1) is 17.3. The predicted molar refractivity (Wildman–Crippen MR) is 138 cm³/mol. The summed E-state index contributed by atoms with van der Waals surface area (Å²) in [5, 5.41) is 11.7. The Bertz CT molecular complexity index is 1230. The lowest BCUT2D eigenvalue weighted by Crippen LogP contribution is -2.43. The molecule has 1 fully saturated rings. The zero-order chi connectivity index (χ0) is 25.4. The van der Waals surface area contributed by atoms with E-state index in [9.17, 15) is 4.39 Å². The summed E-state index contributed by atoms with van der Waals surface area (Å²) in [7, 11) is 3.99. The summed E-state index contributed by atoms with van der Waals surface area (Å²) in [4.78, 5) is 14.8. The van der Waals surface area contributed by atoms with E-state index in [1.807, 2.05) is 24.1 Å². The van der Waals surface area contributed by atoms with Crippen LogP contribution in [-0.4, -0.2) is 71.4 Å². The minimum absolute atomic E-state index is 0.0297. The van der Waals surface area contributed by atoms with E-state index in [4.69, 9.17) is 0 Å². The van der Waals surface area contributed by atoms with Gasteiger partial charge in [0.15, 0.2) is 11.6 Å². The molecule has 1 aromatic carbocycles. The number of benzene rings is 1. The van der Waals surface area contributed by atoms with Crippen molar-refractivity contribution in [1.82, 2.24) is 25.1 Å². The van der Waals surface area contributed by atoms with Gasteiger partial charge in [-0.25, -0.2) is 18.7 Å². The topological polar surface area (TPSA) is 73.3 Å². The molecule has 0 unspecified atom stereocenters. The van der Waals surface area contributed by atoms with Gasteiger partial charge in [0, 0.05) is 37.7 Å². The number of hydrogen-bond donors (Lipinski definition) is 1. The Hall–Kier alpha value is -3.40. The number of nitrogens with one attached hydrogen (secondary N) is 1. The van der Waals surface area contributed by atoms with Crippen LogP contribution in [0.15, 0.2) is 30.5 Å². The summed E-state index contributed by atoms with van der Waals surface area (Å²) in [6.07, 6.45) is 3.21. The fourth-order valence-corrected chi connectivity index (χ4v) is 5.02. The minimum atomic E-state index is -0.621. The van der Waals surface area contributed by atoms with E-state index < -0.39 is 11.6 Å². The van der Waals surface area contributed by atoms with E-state index in [0.29, 0.717) is 23.0 Å². The summed E-state index contributed by atoms with van der Waals surface area (Å²) in [5.41, 5.74) is 2.61. The SMILES string of the molecule is CC(C)N1CCN(C)c2c(F)cc(-c3nc(Nc4ccc(C5CCN(C)CC5)nn4)ncc3F)cc21. The van der Waals surface area contributed by atoms with E-state index in [0.717, 1.165) is 56.6 Å². The maximum atomic E-state index is 15.2. The molecule has 0 radical (unpaired) electrons. The van der Waals surface area contributed by atoms with Crippen LogP contribution in [0.2, 0.25) is 0 Å². The number of likely N-dealkylation sites (N-methyl/N-ethyl adjacent to an activating group) is 1. The molecule has 2 aliphatic rings. The summed E-state index contributed by atoms with van der Waals surface area (Å²) < 4.78 is 30.1. The normalized spacial score (nSPS) is 17.0. The smallest absolute Gasteiger partial charge is 0.229 e. The third-order valence-corrected chi connectivity index (χ3v) is 7.11. The molecule has 1 N–H and O–H groups in total. The summed E-state index contributed by atoms with van der Waals surface area (Å²) in [6, 6.07) is 7.12. The average molecular weight is 495 g/mol. The Balaban J connectivity index is 1.41. The van der Waals surface area contributed by atoms with Gasteiger partial charge in [0.25, 0.3) is 0 Å². The van der Waals surface area contributed by atoms with Crippen LogP contribution < -0.4 is 15.1 Å². The molecular formula is C26H32F2N8. The van der Waals surface area contributed by atoms with Gasteiger partial charge in [-0.05, 0) is 71.1 Å². The van der Waals surface area contributed by atoms with E-state index in [1.165, 1.54) is 6.07 Å². The van der Waals surface area contributed by atoms with Crippen molar-refractivity contribution in [2.75, 3.05) is 55.4 Å². The van der Waals surface area contributed by atoms with Crippen molar-refractivity contribution < 1.29 is 8.78 Å². The Kier molecular flexibility index (Phi) is 6.70. The number of hydrogen-bond acceptors (Lipinski definition) is 8. The van der Waals surface area contributed by atoms with Gasteiger partial charge < -0.3 is 20.0 Å². The maximum absolute atomic E-state index is 15.2. The van der Waals surface area contributed by atoms with Crippen molar-refractivity contribution in [2.24, 2.45) is 0 Å². The number of likely N-dealkylation sites (tertiary alicyclic amines) is 1. The summed E-state index contributed by atoms with van der Waals surface area (Å²) in [6.45, 7) is 7.70. The zero-order valence-corrected chi connectivity index (χ0v) is 21.2. The second-order valence-electron chi connectivity index (χ2n) is 9.97. The molecule has 36 heavy (non-hydrogen) atoms. The number of aromatic nitrogens is 4. The van der Waals surface area contributed by atoms with Gasteiger partial charge in [0.1, 0.15) is 11.5 Å². The molecule has 4 heterocycles. The van der Waals surface area contributed by atoms with Gasteiger partial charge in [0.05, 0.1) is 23.3 Å². The standard InChI is InChI=1S/C26H32F2N8/c1-16(2)36-12-11-35(4)25-19(27)13-18(14-22(25)36)24-20(28)15-29-26(31-24)30-23-6-5-21(32-33-23)17-7-9-34(3)10-8-17/h5-6,13-17H,7-12H2,1-4H3,(H,29,30,31,33). The molecule has 10 heteroatoms. The van der Waals surface area contributed by atoms with Gasteiger partial charge in [-0.3, -0.25) is 0 Å². The number of rotatable bonds is 5. The highest BCUT2D eigenvalue weighted by Gasteiger charge is 2.27. The number of nitrogens with zero attached hydrogens (tertiary/aromatic N) is 7. The summed E-state index contributed by atoms with van der Waals surface area (Å²) >= 11 is 0. The Morgan fingerprint density at radius 3 is 2.44 bits per heavy atom. The monoisotopic (exact) mass is 494 g/mol. The van der Waals surface area contributed by atoms with E-state index in [2.05, 4.69) is 56.2 Å². The number of anilines is 4. The van der Waals surface area contributed by atoms with Crippen LogP contribution in [0.5, 0.6) is 0 Å². The third-order valence-electron chi connectivity index (χ3n) is 7.11. The molecule has 0 saturated carbocycles. The van der Waals surface area contributed by atoms with Crippen LogP contribution in [0.4, 0.5) is 31.9 Å². The first-order valence-electron chi connectivity index (χ1n) is 12.4. The van der Waals surface area contributed by atoms with Crippen molar-refractivity contribution in [2.45, 2.75) is 38.6 Å². The third kappa shape index (κ3) is 4.82. The van der Waals surface area contributed by atoms with Crippen molar-refractivity contribution in [3.05, 3.63) is 47.8 Å². The van der Waals surface area contributed by atoms with Gasteiger partial charge in [-0.1, -0.05) is 0 Å². The molecule has 5 rings (SSSR count). The van der Waals surface area contributed by atoms with Crippen LogP contribution in [0, 0.1) is 11.6 Å². The molecule has 2 aliphatic heterocycles. The zero-order valence-electron chi connectivity index (χ0n) is 21.2. The fourth-order valence-electron chi connectivity index (χ4n) is 5.02. The first-order valence-corrected chi connectivity index (χ1v) is 12.4. The van der Waals surface area contributed by atoms with Crippen molar-refractivity contribution in [3.63, 3.8) is 0 Å². The van der Waals surface area contributed by atoms with Gasteiger partial charge in [-0.15, -0.1) is 5.10 Å². The lowest BCUT2D eigenvalue weighted by molar-refractivity contribution is 0.253. The number of piperidine rings is 1. The lowest BCUT2D eigenvalue weighted by atomic mass is 9.94. The molecule has 0 amide bonds. The van der Waals surface area contributed by atoms with Crippen LogP contribution in [-0.2, 0) is 0 Å². The van der Waals surface area contributed by atoms with Crippen LogP contribution in [0.1, 0.15) is 38.3 Å². The van der Waals surface area contributed by atoms with Gasteiger partial charge in [0.2, 0.25) is 5.95 Å². The Morgan fingerprint density at radius 2 is 1.75 bits per heavy atom. The average Bonchev–Trinajstić information content (AvgIpc) is 2.86. The predicted octanol–water partition coefficient (Wildman–Crippen LogP) is 4.43. The van der Waals surface area contributed by atoms with E-state index in [1.54, 1.807) is 6.07 Å². The molecule has 2 aromatic heterocycles. The van der Waals surface area contributed by atoms with Gasteiger partial charge >= 0.3 is 0 Å². The minimum Gasteiger partial charge on any atom is -0.369 e. The first kappa shape index (κ1) is 24.3. The Morgan fingerprint density at radius 1 is 0.972 bits per heavy atom. The van der Waals surface area contributed by atoms with Crippen molar-refractivity contribution >= 4 is 23.1 Å². The highest BCUT2D eigenvalue weighted by molar-refractivity contribution is 5.80. The molecule has 190 valence electrons. The highest BCUT2D eigenvalue weighted by Crippen LogP contribution is 2.39.